The second-order valence-corrected chi connectivity index (χ2v) is 10.4. The van der Waals surface area contributed by atoms with Gasteiger partial charge >= 0.3 is 0 Å². The van der Waals surface area contributed by atoms with Gasteiger partial charge < -0.3 is 9.30 Å². The number of nitrogens with zero attached hydrogens (tertiary/aromatic N) is 2. The van der Waals surface area contributed by atoms with Crippen LogP contribution in [0.15, 0.2) is 53.5 Å². The predicted octanol–water partition coefficient (Wildman–Crippen LogP) is 6.74. The molecule has 0 bridgehead atoms. The highest BCUT2D eigenvalue weighted by molar-refractivity contribution is 6.33. The number of aromatic nitrogens is 1. The first kappa shape index (κ1) is 28.7. The lowest BCUT2D eigenvalue weighted by Gasteiger charge is -2.28. The molecular weight excluding hydrogens is 542 g/mol. The molecule has 0 radical (unpaired) electrons. The van der Waals surface area contributed by atoms with Crippen LogP contribution in [0.3, 0.4) is 0 Å². The Balaban J connectivity index is 1.71. The first-order valence-corrected chi connectivity index (χ1v) is 13.5. The fourth-order valence-electron chi connectivity index (χ4n) is 4.86. The van der Waals surface area contributed by atoms with E-state index in [9.17, 15) is 24.0 Å². The number of carbonyl (C=O) groups is 2. The molecule has 1 aliphatic heterocycles. The number of hydrogen-bond donors (Lipinski definition) is 0. The lowest BCUT2D eigenvalue weighted by atomic mass is 9.94. The molecule has 39 heavy (non-hydrogen) atoms. The lowest BCUT2D eigenvalue weighted by molar-refractivity contribution is -0.123. The summed E-state index contributed by atoms with van der Waals surface area (Å²) >= 11 is 12.7. The largest absolute Gasteiger partial charge is 0.378 e. The first-order valence-electron chi connectivity index (χ1n) is 12.8. The van der Waals surface area contributed by atoms with E-state index in [-0.39, 0.29) is 47.5 Å². The Hall–Kier alpha value is -3.31. The predicted molar refractivity (Wildman–Crippen MR) is 148 cm³/mol. The zero-order valence-electron chi connectivity index (χ0n) is 21.4. The number of Topliss-reactive ketones (excluding diaryl/α,β-unsaturated/α-hetero) is 2. The molecule has 2 atom stereocenters. The molecule has 0 N–H and O–H groups in total. The third-order valence-electron chi connectivity index (χ3n) is 6.93. The van der Waals surface area contributed by atoms with Crippen molar-refractivity contribution in [3.8, 4) is 17.2 Å². The molecule has 6 nitrogen and oxygen atoms in total. The summed E-state index contributed by atoms with van der Waals surface area (Å²) in [4.78, 5) is 39.0. The van der Waals surface area contributed by atoms with Gasteiger partial charge in [0.05, 0.1) is 34.4 Å². The number of nitriles is 1. The Morgan fingerprint density at radius 3 is 2.62 bits per heavy atom. The maximum Gasteiger partial charge on any atom is 0.251 e. The minimum Gasteiger partial charge on any atom is -0.378 e. The van der Waals surface area contributed by atoms with Gasteiger partial charge in [-0.3, -0.25) is 14.4 Å². The average Bonchev–Trinajstić information content (AvgIpc) is 2.93. The van der Waals surface area contributed by atoms with Crippen LogP contribution in [0.1, 0.15) is 66.6 Å². The highest BCUT2D eigenvalue weighted by Crippen LogP contribution is 2.33. The van der Waals surface area contributed by atoms with Crippen molar-refractivity contribution in [2.24, 2.45) is 0 Å². The molecule has 202 valence electrons. The SMILES string of the molecule is CCC(=O)c1ccc(CC(=O)C(C[C@@H]2CCCCO2)n2cc(Cl)c(-c3cc(Cl)ccc3C#N)cc2=O)cc1F. The summed E-state index contributed by atoms with van der Waals surface area (Å²) in [5.41, 5.74) is 0.937. The molecule has 3 aromatic rings. The van der Waals surface area contributed by atoms with E-state index in [1.165, 1.54) is 29.0 Å². The number of ether oxygens (including phenoxy) is 1. The normalized spacial score (nSPS) is 15.9. The van der Waals surface area contributed by atoms with E-state index in [1.54, 1.807) is 31.2 Å². The van der Waals surface area contributed by atoms with Crippen molar-refractivity contribution in [3.05, 3.63) is 91.6 Å². The molecule has 0 spiro atoms. The van der Waals surface area contributed by atoms with Crippen LogP contribution in [-0.2, 0) is 16.0 Å². The van der Waals surface area contributed by atoms with Gasteiger partial charge in [-0.2, -0.15) is 5.26 Å². The number of rotatable bonds is 9. The van der Waals surface area contributed by atoms with Crippen molar-refractivity contribution >= 4 is 34.8 Å². The fraction of sp³-hybridized carbons (Fsp3) is 0.333. The standard InChI is InChI=1S/C30H27Cl2FN2O4/c1-2-28(36)22-9-6-18(11-26(22)33)12-29(37)27(14-21-5-3-4-10-39-21)35-17-25(32)24(15-30(35)38)23-13-20(31)8-7-19(23)16-34/h6-9,11,13,15,17,21,27H,2-5,10,12,14H2,1H3/t21-,27?/m0/s1. The number of pyridine rings is 1. The van der Waals surface area contributed by atoms with Gasteiger partial charge in [-0.1, -0.05) is 36.2 Å². The molecule has 0 amide bonds. The van der Waals surface area contributed by atoms with E-state index in [0.29, 0.717) is 33.9 Å². The summed E-state index contributed by atoms with van der Waals surface area (Å²) in [5.74, 6) is -1.32. The van der Waals surface area contributed by atoms with Gasteiger partial charge in [0.2, 0.25) is 0 Å². The number of benzene rings is 2. The van der Waals surface area contributed by atoms with Crippen molar-refractivity contribution < 1.29 is 18.7 Å². The summed E-state index contributed by atoms with van der Waals surface area (Å²) in [5, 5.41) is 10.1. The maximum absolute atomic E-state index is 14.6. The van der Waals surface area contributed by atoms with E-state index in [2.05, 4.69) is 6.07 Å². The van der Waals surface area contributed by atoms with E-state index >= 15 is 0 Å². The zero-order chi connectivity index (χ0) is 28.1. The molecule has 2 aromatic carbocycles. The van der Waals surface area contributed by atoms with Gasteiger partial charge in [-0.25, -0.2) is 4.39 Å². The van der Waals surface area contributed by atoms with Crippen molar-refractivity contribution in [3.63, 3.8) is 0 Å². The van der Waals surface area contributed by atoms with Crippen LogP contribution in [0.5, 0.6) is 0 Å². The first-order chi connectivity index (χ1) is 18.7. The second kappa shape index (κ2) is 12.7. The lowest BCUT2D eigenvalue weighted by Crippen LogP contribution is -2.34. The number of carbonyl (C=O) groups excluding carboxylic acids is 2. The van der Waals surface area contributed by atoms with E-state index in [0.717, 1.165) is 19.3 Å². The van der Waals surface area contributed by atoms with Crippen LogP contribution < -0.4 is 5.56 Å². The smallest absolute Gasteiger partial charge is 0.251 e. The van der Waals surface area contributed by atoms with E-state index in [1.807, 2.05) is 0 Å². The van der Waals surface area contributed by atoms with Gasteiger partial charge in [0.1, 0.15) is 5.82 Å². The molecular formula is C30H27Cl2FN2O4. The second-order valence-electron chi connectivity index (χ2n) is 9.56. The van der Waals surface area contributed by atoms with Crippen molar-refractivity contribution in [1.29, 1.82) is 5.26 Å². The van der Waals surface area contributed by atoms with Crippen molar-refractivity contribution in [1.82, 2.24) is 4.57 Å². The molecule has 4 rings (SSSR count). The van der Waals surface area contributed by atoms with Crippen molar-refractivity contribution in [2.45, 2.75) is 57.6 Å². The van der Waals surface area contributed by atoms with Crippen LogP contribution in [0.4, 0.5) is 4.39 Å². The average molecular weight is 569 g/mol. The van der Waals surface area contributed by atoms with Gasteiger partial charge in [-0.05, 0) is 55.2 Å². The van der Waals surface area contributed by atoms with Crippen LogP contribution in [0.25, 0.3) is 11.1 Å². The molecule has 1 aliphatic rings. The van der Waals surface area contributed by atoms with Crippen LogP contribution in [0.2, 0.25) is 10.0 Å². The maximum atomic E-state index is 14.6. The molecule has 1 unspecified atom stereocenters. The molecule has 1 saturated heterocycles. The van der Waals surface area contributed by atoms with E-state index in [4.69, 9.17) is 27.9 Å². The Bertz CT molecular complexity index is 1510. The molecule has 0 saturated carbocycles. The zero-order valence-corrected chi connectivity index (χ0v) is 22.9. The van der Waals surface area contributed by atoms with Gasteiger partial charge in [0, 0.05) is 54.3 Å². The third kappa shape index (κ3) is 6.65. The highest BCUT2D eigenvalue weighted by Gasteiger charge is 2.28. The Morgan fingerprint density at radius 1 is 1.15 bits per heavy atom. The summed E-state index contributed by atoms with van der Waals surface area (Å²) in [6.07, 6.45) is 4.08. The number of halogens is 3. The summed E-state index contributed by atoms with van der Waals surface area (Å²) in [7, 11) is 0. The van der Waals surface area contributed by atoms with E-state index < -0.39 is 17.4 Å². The quantitative estimate of drug-likeness (QED) is 0.267. The fourth-order valence-corrected chi connectivity index (χ4v) is 5.29. The number of hydrogen-bond acceptors (Lipinski definition) is 5. The van der Waals surface area contributed by atoms with Gasteiger partial charge in [0.25, 0.3) is 5.56 Å². The number of ketones is 2. The molecule has 0 aliphatic carbocycles. The molecule has 1 aromatic heterocycles. The molecule has 9 heteroatoms. The Kier molecular flexibility index (Phi) is 9.34. The summed E-state index contributed by atoms with van der Waals surface area (Å²) in [6.45, 7) is 2.22. The van der Waals surface area contributed by atoms with Crippen molar-refractivity contribution in [2.75, 3.05) is 6.61 Å². The Morgan fingerprint density at radius 2 is 1.95 bits per heavy atom. The summed E-state index contributed by atoms with van der Waals surface area (Å²) < 4.78 is 21.7. The minimum absolute atomic E-state index is 0.0165. The Labute approximate surface area is 235 Å². The summed E-state index contributed by atoms with van der Waals surface area (Å²) in [6, 6.07) is 11.3. The van der Waals surface area contributed by atoms with Crippen LogP contribution in [-0.4, -0.2) is 28.8 Å². The molecule has 1 fully saturated rings. The molecule has 2 heterocycles. The third-order valence-corrected chi connectivity index (χ3v) is 7.46. The highest BCUT2D eigenvalue weighted by atomic mass is 35.5. The van der Waals surface area contributed by atoms with Gasteiger partial charge in [-0.15, -0.1) is 0 Å². The monoisotopic (exact) mass is 568 g/mol. The minimum atomic E-state index is -0.915. The van der Waals surface area contributed by atoms with Gasteiger partial charge in [0.15, 0.2) is 11.6 Å². The van der Waals surface area contributed by atoms with Crippen LogP contribution >= 0.6 is 23.2 Å². The van der Waals surface area contributed by atoms with Crippen LogP contribution in [0, 0.1) is 17.1 Å². The topological polar surface area (TPSA) is 89.2 Å².